The Kier molecular flexibility index (Phi) is 3.51. The van der Waals surface area contributed by atoms with Crippen molar-refractivity contribution in [3.05, 3.63) is 41.0 Å². The summed E-state index contributed by atoms with van der Waals surface area (Å²) in [6, 6.07) is 4.98. The lowest BCUT2D eigenvalue weighted by Crippen LogP contribution is -2.07. The van der Waals surface area contributed by atoms with E-state index >= 15 is 0 Å². The third kappa shape index (κ3) is 2.57. The molecule has 0 aliphatic heterocycles. The van der Waals surface area contributed by atoms with E-state index < -0.39 is 0 Å². The summed E-state index contributed by atoms with van der Waals surface area (Å²) in [7, 11) is 0. The van der Waals surface area contributed by atoms with E-state index in [0.717, 1.165) is 5.56 Å². The summed E-state index contributed by atoms with van der Waals surface area (Å²) in [5.41, 5.74) is 8.67. The first-order valence-electron chi connectivity index (χ1n) is 6.30. The number of hydrogen-bond acceptors (Lipinski definition) is 3. The summed E-state index contributed by atoms with van der Waals surface area (Å²) in [5, 5.41) is 0. The molecule has 0 amide bonds. The fourth-order valence-electron chi connectivity index (χ4n) is 1.89. The van der Waals surface area contributed by atoms with Crippen molar-refractivity contribution in [1.29, 1.82) is 0 Å². The zero-order valence-electron chi connectivity index (χ0n) is 11.7. The van der Waals surface area contributed by atoms with Crippen molar-refractivity contribution in [3.8, 4) is 11.3 Å². The molecule has 1 aromatic carbocycles. The van der Waals surface area contributed by atoms with Crippen LogP contribution in [0.4, 0.5) is 10.2 Å². The number of aromatic nitrogens is 2. The molecular formula is C15H18FN3. The normalized spacial score (nSPS) is 11.1. The molecule has 2 aromatic rings. The molecule has 0 aliphatic carbocycles. The highest BCUT2D eigenvalue weighted by Crippen LogP contribution is 2.28. The SMILES string of the molecule is Cc1ccc(F)c(-c2nc(C(C)C)nc(N)c2C)c1. The van der Waals surface area contributed by atoms with Crippen molar-refractivity contribution in [2.45, 2.75) is 33.6 Å². The first-order valence-corrected chi connectivity index (χ1v) is 6.30. The minimum Gasteiger partial charge on any atom is -0.383 e. The number of benzene rings is 1. The highest BCUT2D eigenvalue weighted by molar-refractivity contribution is 5.68. The molecule has 2 N–H and O–H groups in total. The van der Waals surface area contributed by atoms with Gasteiger partial charge in [-0.25, -0.2) is 14.4 Å². The van der Waals surface area contributed by atoms with Crippen molar-refractivity contribution in [2.24, 2.45) is 0 Å². The average Bonchev–Trinajstić information content (AvgIpc) is 2.35. The monoisotopic (exact) mass is 259 g/mol. The first-order chi connectivity index (χ1) is 8.90. The molecule has 0 saturated heterocycles. The molecule has 100 valence electrons. The molecule has 4 heteroatoms. The number of anilines is 1. The lowest BCUT2D eigenvalue weighted by molar-refractivity contribution is 0.629. The van der Waals surface area contributed by atoms with Crippen LogP contribution >= 0.6 is 0 Å². The maximum atomic E-state index is 14.0. The second-order valence-electron chi connectivity index (χ2n) is 5.08. The van der Waals surface area contributed by atoms with Crippen LogP contribution in [0.25, 0.3) is 11.3 Å². The van der Waals surface area contributed by atoms with Gasteiger partial charge in [0.2, 0.25) is 0 Å². The van der Waals surface area contributed by atoms with Crippen LogP contribution in [0.3, 0.4) is 0 Å². The number of halogens is 1. The topological polar surface area (TPSA) is 51.8 Å². The number of nitrogen functional groups attached to an aromatic ring is 1. The van der Waals surface area contributed by atoms with Gasteiger partial charge in [-0.15, -0.1) is 0 Å². The Hall–Kier alpha value is -1.97. The maximum absolute atomic E-state index is 14.0. The predicted molar refractivity (Wildman–Crippen MR) is 75.4 cm³/mol. The quantitative estimate of drug-likeness (QED) is 0.896. The summed E-state index contributed by atoms with van der Waals surface area (Å²) >= 11 is 0. The van der Waals surface area contributed by atoms with Crippen molar-refractivity contribution in [1.82, 2.24) is 9.97 Å². The van der Waals surface area contributed by atoms with Gasteiger partial charge < -0.3 is 5.73 Å². The predicted octanol–water partition coefficient (Wildman–Crippen LogP) is 3.61. The van der Waals surface area contributed by atoms with Gasteiger partial charge >= 0.3 is 0 Å². The van der Waals surface area contributed by atoms with Crippen LogP contribution < -0.4 is 5.73 Å². The van der Waals surface area contributed by atoms with E-state index in [9.17, 15) is 4.39 Å². The Bertz CT molecular complexity index is 621. The Morgan fingerprint density at radius 1 is 1.16 bits per heavy atom. The highest BCUT2D eigenvalue weighted by atomic mass is 19.1. The molecule has 0 unspecified atom stereocenters. The molecule has 0 fully saturated rings. The van der Waals surface area contributed by atoms with E-state index in [-0.39, 0.29) is 11.7 Å². The first kappa shape index (κ1) is 13.5. The van der Waals surface area contributed by atoms with E-state index in [1.165, 1.54) is 6.07 Å². The van der Waals surface area contributed by atoms with E-state index in [2.05, 4.69) is 9.97 Å². The van der Waals surface area contributed by atoms with E-state index in [1.807, 2.05) is 27.7 Å². The molecule has 0 saturated carbocycles. The Labute approximate surface area is 112 Å². The van der Waals surface area contributed by atoms with Gasteiger partial charge in [-0.1, -0.05) is 25.5 Å². The van der Waals surface area contributed by atoms with Crippen LogP contribution in [-0.4, -0.2) is 9.97 Å². The molecule has 19 heavy (non-hydrogen) atoms. The highest BCUT2D eigenvalue weighted by Gasteiger charge is 2.15. The molecule has 3 nitrogen and oxygen atoms in total. The van der Waals surface area contributed by atoms with E-state index in [4.69, 9.17) is 5.73 Å². The van der Waals surface area contributed by atoms with Crippen LogP contribution in [0.5, 0.6) is 0 Å². The van der Waals surface area contributed by atoms with Gasteiger partial charge in [0.15, 0.2) is 0 Å². The van der Waals surface area contributed by atoms with Gasteiger partial charge in [-0.05, 0) is 26.0 Å². The summed E-state index contributed by atoms with van der Waals surface area (Å²) in [6.07, 6.45) is 0. The van der Waals surface area contributed by atoms with Gasteiger partial charge in [0, 0.05) is 17.0 Å². The third-order valence-corrected chi connectivity index (χ3v) is 3.09. The molecule has 1 heterocycles. The largest absolute Gasteiger partial charge is 0.383 e. The van der Waals surface area contributed by atoms with Crippen molar-refractivity contribution in [3.63, 3.8) is 0 Å². The number of nitrogens with two attached hydrogens (primary N) is 1. The number of hydrogen-bond donors (Lipinski definition) is 1. The van der Waals surface area contributed by atoms with Gasteiger partial charge in [0.05, 0.1) is 5.69 Å². The van der Waals surface area contributed by atoms with Crippen LogP contribution in [-0.2, 0) is 0 Å². The smallest absolute Gasteiger partial charge is 0.133 e. The second-order valence-corrected chi connectivity index (χ2v) is 5.08. The van der Waals surface area contributed by atoms with Crippen molar-refractivity contribution >= 4 is 5.82 Å². The molecular weight excluding hydrogens is 241 g/mol. The van der Waals surface area contributed by atoms with E-state index in [1.54, 1.807) is 12.1 Å². The minimum atomic E-state index is -0.290. The molecule has 0 bridgehead atoms. The summed E-state index contributed by atoms with van der Waals surface area (Å²) in [4.78, 5) is 8.73. The maximum Gasteiger partial charge on any atom is 0.133 e. The van der Waals surface area contributed by atoms with Crippen LogP contribution in [0.15, 0.2) is 18.2 Å². The van der Waals surface area contributed by atoms with Gasteiger partial charge in [0.1, 0.15) is 17.5 Å². The van der Waals surface area contributed by atoms with Crippen LogP contribution in [0.1, 0.15) is 36.7 Å². The second kappa shape index (κ2) is 4.96. The van der Waals surface area contributed by atoms with E-state index in [0.29, 0.717) is 28.5 Å². The summed E-state index contributed by atoms with van der Waals surface area (Å²) < 4.78 is 14.0. The Balaban J connectivity index is 2.70. The molecule has 2 rings (SSSR count). The van der Waals surface area contributed by atoms with Crippen LogP contribution in [0, 0.1) is 19.7 Å². The number of nitrogens with zero attached hydrogens (tertiary/aromatic N) is 2. The Morgan fingerprint density at radius 3 is 2.47 bits per heavy atom. The fraction of sp³-hybridized carbons (Fsp3) is 0.333. The number of rotatable bonds is 2. The average molecular weight is 259 g/mol. The lowest BCUT2D eigenvalue weighted by atomic mass is 10.0. The zero-order valence-corrected chi connectivity index (χ0v) is 11.7. The fourth-order valence-corrected chi connectivity index (χ4v) is 1.89. The number of aryl methyl sites for hydroxylation is 1. The minimum absolute atomic E-state index is 0.148. The Morgan fingerprint density at radius 2 is 1.84 bits per heavy atom. The van der Waals surface area contributed by atoms with Gasteiger partial charge in [-0.2, -0.15) is 0 Å². The third-order valence-electron chi connectivity index (χ3n) is 3.09. The van der Waals surface area contributed by atoms with Gasteiger partial charge in [0.25, 0.3) is 0 Å². The molecule has 0 atom stereocenters. The molecule has 0 spiro atoms. The lowest BCUT2D eigenvalue weighted by Gasteiger charge is -2.13. The molecule has 0 radical (unpaired) electrons. The zero-order chi connectivity index (χ0) is 14.2. The standard InChI is InChI=1S/C15H18FN3/c1-8(2)15-18-13(10(4)14(17)19-15)11-7-9(3)5-6-12(11)16/h5-8H,1-4H3,(H2,17,18,19). The van der Waals surface area contributed by atoms with Crippen molar-refractivity contribution < 1.29 is 4.39 Å². The van der Waals surface area contributed by atoms with Crippen molar-refractivity contribution in [2.75, 3.05) is 5.73 Å². The summed E-state index contributed by atoms with van der Waals surface area (Å²) in [6.45, 7) is 7.71. The van der Waals surface area contributed by atoms with Crippen LogP contribution in [0.2, 0.25) is 0 Å². The van der Waals surface area contributed by atoms with Gasteiger partial charge in [-0.3, -0.25) is 0 Å². The molecule has 0 aliphatic rings. The molecule has 1 aromatic heterocycles. The summed E-state index contributed by atoms with van der Waals surface area (Å²) in [5.74, 6) is 0.907.